The molecule has 4 aromatic rings. The number of aryl methyl sites for hydroxylation is 1. The van der Waals surface area contributed by atoms with Crippen LogP contribution in [-0.2, 0) is 16.1 Å². The van der Waals surface area contributed by atoms with Crippen LogP contribution in [0.2, 0.25) is 5.02 Å². The van der Waals surface area contributed by atoms with E-state index in [1.807, 2.05) is 12.1 Å². The molecule has 2 aromatic heterocycles. The molecule has 0 bridgehead atoms. The van der Waals surface area contributed by atoms with E-state index in [0.29, 0.717) is 24.3 Å². The highest BCUT2D eigenvalue weighted by Gasteiger charge is 2.32. The summed E-state index contributed by atoms with van der Waals surface area (Å²) >= 11 is 5.89. The SMILES string of the molecule is CCOC(=O)CCn1ncc2cc(-c3noc(-c4ccc(OC(F)(F)F)c(Cl)c4)n3)ccc21. The van der Waals surface area contributed by atoms with E-state index < -0.39 is 12.1 Å². The van der Waals surface area contributed by atoms with Crippen molar-refractivity contribution < 1.29 is 32.0 Å². The van der Waals surface area contributed by atoms with Gasteiger partial charge in [0.1, 0.15) is 5.75 Å². The number of halogens is 4. The van der Waals surface area contributed by atoms with Crippen LogP contribution in [0.1, 0.15) is 13.3 Å². The van der Waals surface area contributed by atoms with Crippen molar-refractivity contribution in [2.75, 3.05) is 6.61 Å². The van der Waals surface area contributed by atoms with Crippen LogP contribution in [0.15, 0.2) is 47.1 Å². The molecule has 0 aliphatic rings. The topological polar surface area (TPSA) is 92.3 Å². The Morgan fingerprint density at radius 1 is 1.18 bits per heavy atom. The first-order valence-corrected chi connectivity index (χ1v) is 10.1. The molecule has 0 aliphatic heterocycles. The first kappa shape index (κ1) is 22.6. The van der Waals surface area contributed by atoms with Crippen LogP contribution in [0.3, 0.4) is 0 Å². The summed E-state index contributed by atoms with van der Waals surface area (Å²) in [6.07, 6.45) is -2.99. The molecular weight excluding hydrogens is 465 g/mol. The molecule has 172 valence electrons. The molecule has 2 heterocycles. The summed E-state index contributed by atoms with van der Waals surface area (Å²) in [5, 5.41) is 8.79. The Bertz CT molecular complexity index is 1300. The summed E-state index contributed by atoms with van der Waals surface area (Å²) in [5.41, 5.74) is 1.80. The van der Waals surface area contributed by atoms with Crippen LogP contribution in [0.25, 0.3) is 33.7 Å². The summed E-state index contributed by atoms with van der Waals surface area (Å²) in [6.45, 7) is 2.45. The second-order valence-electron chi connectivity index (χ2n) is 6.81. The maximum absolute atomic E-state index is 12.4. The van der Waals surface area contributed by atoms with E-state index in [0.717, 1.165) is 17.0 Å². The van der Waals surface area contributed by atoms with Gasteiger partial charge in [0.05, 0.1) is 36.3 Å². The predicted molar refractivity (Wildman–Crippen MR) is 111 cm³/mol. The minimum atomic E-state index is -4.85. The van der Waals surface area contributed by atoms with Crippen molar-refractivity contribution >= 4 is 28.5 Å². The number of fused-ring (bicyclic) bond motifs is 1. The molecule has 0 N–H and O–H groups in total. The predicted octanol–water partition coefficient (Wildman–Crippen LogP) is 5.26. The molecule has 8 nitrogen and oxygen atoms in total. The highest BCUT2D eigenvalue weighted by atomic mass is 35.5. The lowest BCUT2D eigenvalue weighted by atomic mass is 10.1. The molecule has 0 unspecified atom stereocenters. The van der Waals surface area contributed by atoms with Crippen molar-refractivity contribution in [1.82, 2.24) is 19.9 Å². The zero-order chi connectivity index (χ0) is 23.6. The van der Waals surface area contributed by atoms with Gasteiger partial charge >= 0.3 is 12.3 Å². The molecular formula is C21H16ClF3N4O4. The van der Waals surface area contributed by atoms with Gasteiger partial charge in [0.2, 0.25) is 5.82 Å². The second kappa shape index (κ2) is 9.10. The molecule has 4 rings (SSSR count). The smallest absolute Gasteiger partial charge is 0.466 e. The third-order valence-electron chi connectivity index (χ3n) is 4.56. The maximum atomic E-state index is 12.4. The summed E-state index contributed by atoms with van der Waals surface area (Å²) in [4.78, 5) is 15.9. The summed E-state index contributed by atoms with van der Waals surface area (Å²) in [5.74, 6) is -0.470. The zero-order valence-corrected chi connectivity index (χ0v) is 17.9. The minimum Gasteiger partial charge on any atom is -0.466 e. The average Bonchev–Trinajstić information content (AvgIpc) is 3.40. The number of alkyl halides is 3. The molecule has 0 radical (unpaired) electrons. The van der Waals surface area contributed by atoms with Gasteiger partial charge in [-0.15, -0.1) is 13.2 Å². The van der Waals surface area contributed by atoms with Crippen molar-refractivity contribution in [2.45, 2.75) is 26.3 Å². The number of benzene rings is 2. The van der Waals surface area contributed by atoms with Gasteiger partial charge in [-0.25, -0.2) is 0 Å². The Labute approximate surface area is 189 Å². The van der Waals surface area contributed by atoms with Gasteiger partial charge in [-0.1, -0.05) is 16.8 Å². The van der Waals surface area contributed by atoms with Crippen LogP contribution in [0.4, 0.5) is 13.2 Å². The standard InChI is InChI=1S/C21H16ClF3N4O4/c1-2-31-18(30)7-8-29-16-5-3-12(9-14(16)11-26-29)19-27-20(33-28-19)13-4-6-17(15(22)10-13)32-21(23,24)25/h3-6,9-11H,2,7-8H2,1H3. The van der Waals surface area contributed by atoms with Crippen LogP contribution >= 0.6 is 11.6 Å². The number of hydrogen-bond acceptors (Lipinski definition) is 7. The van der Waals surface area contributed by atoms with Crippen molar-refractivity contribution in [3.63, 3.8) is 0 Å². The van der Waals surface area contributed by atoms with Crippen molar-refractivity contribution in [1.29, 1.82) is 0 Å². The highest BCUT2D eigenvalue weighted by molar-refractivity contribution is 6.32. The lowest BCUT2D eigenvalue weighted by Crippen LogP contribution is -2.17. The quantitative estimate of drug-likeness (QED) is 0.333. The fraction of sp³-hybridized carbons (Fsp3) is 0.238. The van der Waals surface area contributed by atoms with Crippen LogP contribution in [0, 0.1) is 0 Å². The number of hydrogen-bond donors (Lipinski definition) is 0. The molecule has 0 atom stereocenters. The third-order valence-corrected chi connectivity index (χ3v) is 4.86. The Morgan fingerprint density at radius 2 is 1.97 bits per heavy atom. The van der Waals surface area contributed by atoms with Crippen molar-refractivity contribution in [2.24, 2.45) is 0 Å². The van der Waals surface area contributed by atoms with Crippen molar-refractivity contribution in [3.8, 4) is 28.6 Å². The second-order valence-corrected chi connectivity index (χ2v) is 7.22. The lowest BCUT2D eigenvalue weighted by Gasteiger charge is -2.10. The van der Waals surface area contributed by atoms with Crippen LogP contribution < -0.4 is 4.74 Å². The average molecular weight is 481 g/mol. The number of carbonyl (C=O) groups excluding carboxylic acids is 1. The first-order valence-electron chi connectivity index (χ1n) is 9.74. The fourth-order valence-corrected chi connectivity index (χ4v) is 3.35. The highest BCUT2D eigenvalue weighted by Crippen LogP contribution is 2.34. The molecule has 12 heteroatoms. The third kappa shape index (κ3) is 5.25. The van der Waals surface area contributed by atoms with Crippen LogP contribution in [0.5, 0.6) is 5.75 Å². The number of nitrogens with zero attached hydrogens (tertiary/aromatic N) is 4. The largest absolute Gasteiger partial charge is 0.573 e. The van der Waals surface area contributed by atoms with E-state index in [4.69, 9.17) is 20.9 Å². The van der Waals surface area contributed by atoms with E-state index in [1.165, 1.54) is 12.1 Å². The van der Waals surface area contributed by atoms with Crippen molar-refractivity contribution in [3.05, 3.63) is 47.6 Å². The van der Waals surface area contributed by atoms with Gasteiger partial charge < -0.3 is 14.0 Å². The molecule has 0 aliphatic carbocycles. The van der Waals surface area contributed by atoms with E-state index in [2.05, 4.69) is 20.0 Å². The Hall–Kier alpha value is -3.60. The lowest BCUT2D eigenvalue weighted by molar-refractivity contribution is -0.274. The summed E-state index contributed by atoms with van der Waals surface area (Å²) < 4.78 is 53.0. The molecule has 0 saturated heterocycles. The van der Waals surface area contributed by atoms with E-state index in [9.17, 15) is 18.0 Å². The van der Waals surface area contributed by atoms with E-state index >= 15 is 0 Å². The van der Waals surface area contributed by atoms with Gasteiger partial charge in [-0.05, 0) is 43.3 Å². The van der Waals surface area contributed by atoms with E-state index in [-0.39, 0.29) is 29.1 Å². The maximum Gasteiger partial charge on any atom is 0.573 e. The Kier molecular flexibility index (Phi) is 6.23. The molecule has 0 spiro atoms. The molecule has 0 amide bonds. The Morgan fingerprint density at radius 3 is 2.70 bits per heavy atom. The normalized spacial score (nSPS) is 11.7. The van der Waals surface area contributed by atoms with Gasteiger partial charge in [-0.3, -0.25) is 9.48 Å². The first-order chi connectivity index (χ1) is 15.7. The monoisotopic (exact) mass is 480 g/mol. The van der Waals surface area contributed by atoms with Gasteiger partial charge in [0.15, 0.2) is 0 Å². The summed E-state index contributed by atoms with van der Waals surface area (Å²) in [6, 6.07) is 9.06. The van der Waals surface area contributed by atoms with Gasteiger partial charge in [0.25, 0.3) is 5.89 Å². The van der Waals surface area contributed by atoms with Crippen LogP contribution in [-0.4, -0.2) is 38.9 Å². The molecule has 0 saturated carbocycles. The minimum absolute atomic E-state index is 0.0793. The number of esters is 1. The summed E-state index contributed by atoms with van der Waals surface area (Å²) in [7, 11) is 0. The molecule has 0 fully saturated rings. The molecule has 33 heavy (non-hydrogen) atoms. The number of aromatic nitrogens is 4. The van der Waals surface area contributed by atoms with Gasteiger partial charge in [0, 0.05) is 16.5 Å². The fourth-order valence-electron chi connectivity index (χ4n) is 3.13. The van der Waals surface area contributed by atoms with E-state index in [1.54, 1.807) is 23.9 Å². The number of ether oxygens (including phenoxy) is 2. The van der Waals surface area contributed by atoms with Gasteiger partial charge in [-0.2, -0.15) is 10.1 Å². The number of rotatable bonds is 7. The molecule has 2 aromatic carbocycles. The zero-order valence-electron chi connectivity index (χ0n) is 17.1. The Balaban J connectivity index is 1.53. The number of carbonyl (C=O) groups is 1.